The molecule has 2 aromatic heterocycles. The number of pyridine rings is 1. The van der Waals surface area contributed by atoms with E-state index in [9.17, 15) is 4.79 Å². The molecule has 2 N–H and O–H groups in total. The number of hydrogen-bond donors (Lipinski definition) is 2. The highest BCUT2D eigenvalue weighted by molar-refractivity contribution is 5.90. The van der Waals surface area contributed by atoms with E-state index in [0.29, 0.717) is 6.54 Å². The molecule has 1 amide bonds. The van der Waals surface area contributed by atoms with Gasteiger partial charge >= 0.3 is 0 Å². The van der Waals surface area contributed by atoms with Crippen LogP contribution in [0.1, 0.15) is 21.7 Å². The number of nitrogens with one attached hydrogen (secondary N) is 2. The molecule has 82 valence electrons. The SMILES string of the molecule is Cc1cnccc1CNC(=O)c1ncn[nH]1. The van der Waals surface area contributed by atoms with Crippen LogP contribution < -0.4 is 5.32 Å². The Morgan fingerprint density at radius 3 is 3.12 bits per heavy atom. The molecule has 0 spiro atoms. The molecule has 0 bridgehead atoms. The van der Waals surface area contributed by atoms with Crippen LogP contribution in [-0.4, -0.2) is 26.1 Å². The third kappa shape index (κ3) is 2.22. The lowest BCUT2D eigenvalue weighted by molar-refractivity contribution is 0.0941. The van der Waals surface area contributed by atoms with Crippen molar-refractivity contribution < 1.29 is 4.79 Å². The average Bonchev–Trinajstić information content (AvgIpc) is 2.81. The zero-order valence-corrected chi connectivity index (χ0v) is 8.77. The Balaban J connectivity index is 1.98. The number of amides is 1. The van der Waals surface area contributed by atoms with Crippen molar-refractivity contribution in [3.63, 3.8) is 0 Å². The summed E-state index contributed by atoms with van der Waals surface area (Å²) in [4.78, 5) is 19.3. The Kier molecular flexibility index (Phi) is 2.90. The molecular weight excluding hydrogens is 206 g/mol. The van der Waals surface area contributed by atoms with Crippen LogP contribution in [-0.2, 0) is 6.54 Å². The number of nitrogens with zero attached hydrogens (tertiary/aromatic N) is 3. The van der Waals surface area contributed by atoms with Crippen molar-refractivity contribution in [2.24, 2.45) is 0 Å². The minimum atomic E-state index is -0.270. The lowest BCUT2D eigenvalue weighted by Crippen LogP contribution is -2.24. The predicted molar refractivity (Wildman–Crippen MR) is 56.5 cm³/mol. The lowest BCUT2D eigenvalue weighted by atomic mass is 10.1. The number of hydrogen-bond acceptors (Lipinski definition) is 4. The van der Waals surface area contributed by atoms with Crippen molar-refractivity contribution in [1.82, 2.24) is 25.5 Å². The number of carbonyl (C=O) groups excluding carboxylic acids is 1. The van der Waals surface area contributed by atoms with Crippen LogP contribution in [0.4, 0.5) is 0 Å². The Morgan fingerprint density at radius 2 is 2.44 bits per heavy atom. The maximum absolute atomic E-state index is 11.5. The lowest BCUT2D eigenvalue weighted by Gasteiger charge is -2.05. The van der Waals surface area contributed by atoms with Gasteiger partial charge in [0.25, 0.3) is 5.91 Å². The first-order chi connectivity index (χ1) is 7.77. The fourth-order valence-electron chi connectivity index (χ4n) is 1.27. The predicted octanol–water partition coefficient (Wildman–Crippen LogP) is 0.438. The molecular formula is C10H11N5O. The van der Waals surface area contributed by atoms with Gasteiger partial charge in [0.15, 0.2) is 0 Å². The van der Waals surface area contributed by atoms with Crippen LogP contribution in [0.5, 0.6) is 0 Å². The summed E-state index contributed by atoms with van der Waals surface area (Å²) < 4.78 is 0. The Morgan fingerprint density at radius 1 is 1.56 bits per heavy atom. The molecule has 2 aromatic rings. The normalized spacial score (nSPS) is 10.1. The van der Waals surface area contributed by atoms with E-state index in [1.54, 1.807) is 12.4 Å². The van der Waals surface area contributed by atoms with Crippen molar-refractivity contribution in [2.45, 2.75) is 13.5 Å². The van der Waals surface area contributed by atoms with Crippen molar-refractivity contribution in [3.8, 4) is 0 Å². The maximum atomic E-state index is 11.5. The third-order valence-corrected chi connectivity index (χ3v) is 2.21. The zero-order valence-electron chi connectivity index (χ0n) is 8.77. The number of carbonyl (C=O) groups is 1. The smallest absolute Gasteiger partial charge is 0.288 e. The van der Waals surface area contributed by atoms with E-state index in [2.05, 4.69) is 25.5 Å². The number of rotatable bonds is 3. The van der Waals surface area contributed by atoms with Crippen LogP contribution in [0, 0.1) is 6.92 Å². The molecule has 6 heteroatoms. The molecule has 0 fully saturated rings. The quantitative estimate of drug-likeness (QED) is 0.781. The van der Waals surface area contributed by atoms with Gasteiger partial charge in [-0.3, -0.25) is 14.9 Å². The fraction of sp³-hybridized carbons (Fsp3) is 0.200. The van der Waals surface area contributed by atoms with E-state index in [-0.39, 0.29) is 11.7 Å². The van der Waals surface area contributed by atoms with Gasteiger partial charge in [0.1, 0.15) is 6.33 Å². The van der Waals surface area contributed by atoms with E-state index in [0.717, 1.165) is 11.1 Å². The second-order valence-electron chi connectivity index (χ2n) is 3.32. The summed E-state index contributed by atoms with van der Waals surface area (Å²) in [6.45, 7) is 2.40. The van der Waals surface area contributed by atoms with Crippen molar-refractivity contribution in [3.05, 3.63) is 41.7 Å². The van der Waals surface area contributed by atoms with Crippen LogP contribution in [0.25, 0.3) is 0 Å². The molecule has 6 nitrogen and oxygen atoms in total. The topological polar surface area (TPSA) is 83.6 Å². The first-order valence-corrected chi connectivity index (χ1v) is 4.80. The van der Waals surface area contributed by atoms with Gasteiger partial charge in [-0.25, -0.2) is 4.98 Å². The van der Waals surface area contributed by atoms with Crippen LogP contribution in [0.15, 0.2) is 24.8 Å². The van der Waals surface area contributed by atoms with Crippen LogP contribution in [0.3, 0.4) is 0 Å². The molecule has 0 unspecified atom stereocenters. The van der Waals surface area contributed by atoms with Gasteiger partial charge in [-0.1, -0.05) is 0 Å². The largest absolute Gasteiger partial charge is 0.345 e. The monoisotopic (exact) mass is 217 g/mol. The van der Waals surface area contributed by atoms with Crippen molar-refractivity contribution in [2.75, 3.05) is 0 Å². The van der Waals surface area contributed by atoms with Crippen LogP contribution in [0.2, 0.25) is 0 Å². The van der Waals surface area contributed by atoms with Gasteiger partial charge in [0.05, 0.1) is 0 Å². The van der Waals surface area contributed by atoms with Gasteiger partial charge in [0.2, 0.25) is 5.82 Å². The van der Waals surface area contributed by atoms with E-state index in [1.165, 1.54) is 6.33 Å². The number of aromatic nitrogens is 4. The second-order valence-corrected chi connectivity index (χ2v) is 3.32. The first kappa shape index (κ1) is 10.3. The minimum absolute atomic E-state index is 0.215. The van der Waals surface area contributed by atoms with E-state index in [4.69, 9.17) is 0 Å². The fourth-order valence-corrected chi connectivity index (χ4v) is 1.27. The van der Waals surface area contributed by atoms with E-state index >= 15 is 0 Å². The Hall–Kier alpha value is -2.24. The zero-order chi connectivity index (χ0) is 11.4. The Bertz CT molecular complexity index is 480. The number of aromatic amines is 1. The van der Waals surface area contributed by atoms with E-state index in [1.807, 2.05) is 13.0 Å². The third-order valence-electron chi connectivity index (χ3n) is 2.21. The summed E-state index contributed by atoms with van der Waals surface area (Å²) in [5, 5.41) is 8.85. The summed E-state index contributed by atoms with van der Waals surface area (Å²) in [7, 11) is 0. The van der Waals surface area contributed by atoms with E-state index < -0.39 is 0 Å². The number of H-pyrrole nitrogens is 1. The highest BCUT2D eigenvalue weighted by Gasteiger charge is 2.08. The summed E-state index contributed by atoms with van der Waals surface area (Å²) in [6, 6.07) is 1.87. The molecule has 0 aliphatic rings. The summed E-state index contributed by atoms with van der Waals surface area (Å²) in [5.74, 6) is -0.0552. The van der Waals surface area contributed by atoms with Crippen molar-refractivity contribution >= 4 is 5.91 Å². The van der Waals surface area contributed by atoms with Gasteiger partial charge in [-0.15, -0.1) is 0 Å². The molecule has 0 saturated heterocycles. The van der Waals surface area contributed by atoms with Crippen LogP contribution >= 0.6 is 0 Å². The van der Waals surface area contributed by atoms with Gasteiger partial charge < -0.3 is 5.32 Å². The molecule has 2 heterocycles. The molecule has 0 aromatic carbocycles. The molecule has 2 rings (SSSR count). The standard InChI is InChI=1S/C10H11N5O/c1-7-4-11-3-2-8(7)5-12-10(16)9-13-6-14-15-9/h2-4,6H,5H2,1H3,(H,12,16)(H,13,14,15). The maximum Gasteiger partial charge on any atom is 0.288 e. The van der Waals surface area contributed by atoms with Gasteiger partial charge in [-0.05, 0) is 24.1 Å². The van der Waals surface area contributed by atoms with Crippen molar-refractivity contribution in [1.29, 1.82) is 0 Å². The molecule has 0 radical (unpaired) electrons. The molecule has 0 atom stereocenters. The Labute approximate surface area is 92.1 Å². The molecule has 16 heavy (non-hydrogen) atoms. The molecule has 0 saturated carbocycles. The van der Waals surface area contributed by atoms with Gasteiger partial charge in [0, 0.05) is 18.9 Å². The summed E-state index contributed by atoms with van der Waals surface area (Å²) >= 11 is 0. The second kappa shape index (κ2) is 4.52. The highest BCUT2D eigenvalue weighted by atomic mass is 16.2. The first-order valence-electron chi connectivity index (χ1n) is 4.80. The summed E-state index contributed by atoms with van der Waals surface area (Å²) in [5.41, 5.74) is 2.07. The highest BCUT2D eigenvalue weighted by Crippen LogP contribution is 2.04. The number of aryl methyl sites for hydroxylation is 1. The minimum Gasteiger partial charge on any atom is -0.345 e. The molecule has 0 aliphatic heterocycles. The molecule has 0 aliphatic carbocycles. The summed E-state index contributed by atoms with van der Waals surface area (Å²) in [6.07, 6.45) is 4.76. The average molecular weight is 217 g/mol. The van der Waals surface area contributed by atoms with Gasteiger partial charge in [-0.2, -0.15) is 5.10 Å².